The number of nitrogens with two attached hydrogens (primary N) is 1. The smallest absolute Gasteiger partial charge is 0.315 e. The van der Waals surface area contributed by atoms with Crippen molar-refractivity contribution in [2.24, 2.45) is 34.3 Å². The fourth-order valence-electron chi connectivity index (χ4n) is 5.86. The summed E-state index contributed by atoms with van der Waals surface area (Å²) < 4.78 is 13.3. The molecule has 2 aliphatic carbocycles. The predicted molar refractivity (Wildman–Crippen MR) is 139 cm³/mol. The van der Waals surface area contributed by atoms with Gasteiger partial charge in [-0.25, -0.2) is 9.18 Å². The van der Waals surface area contributed by atoms with Gasteiger partial charge in [0.15, 0.2) is 0 Å². The van der Waals surface area contributed by atoms with Crippen molar-refractivity contribution in [3.8, 4) is 0 Å². The minimum Gasteiger partial charge on any atom is -0.363 e. The summed E-state index contributed by atoms with van der Waals surface area (Å²) in [5.41, 5.74) is 3.26. The molecule has 0 bridgehead atoms. The van der Waals surface area contributed by atoms with Gasteiger partial charge in [0.05, 0.1) is 11.6 Å². The lowest BCUT2D eigenvalue weighted by molar-refractivity contribution is -0.145. The third-order valence-corrected chi connectivity index (χ3v) is 8.60. The number of urea groups is 1. The monoisotopic (exact) mass is 537 g/mol. The zero-order valence-electron chi connectivity index (χ0n) is 23.7. The van der Waals surface area contributed by atoms with Crippen molar-refractivity contribution in [1.82, 2.24) is 20.9 Å². The van der Waals surface area contributed by atoms with Crippen molar-refractivity contribution >= 4 is 29.5 Å². The summed E-state index contributed by atoms with van der Waals surface area (Å²) in [5.74, 6) is -2.67. The van der Waals surface area contributed by atoms with E-state index in [0.717, 1.165) is 19.3 Å². The maximum absolute atomic E-state index is 13.9. The molecule has 3 rings (SSSR count). The van der Waals surface area contributed by atoms with Gasteiger partial charge < -0.3 is 26.6 Å². The Bertz CT molecular complexity index is 987. The number of piperidine rings is 1. The van der Waals surface area contributed by atoms with Gasteiger partial charge in [0.25, 0.3) is 5.91 Å². The van der Waals surface area contributed by atoms with Gasteiger partial charge in [-0.05, 0) is 48.9 Å². The first-order valence-corrected chi connectivity index (χ1v) is 13.5. The Morgan fingerprint density at radius 2 is 1.66 bits per heavy atom. The quantitative estimate of drug-likeness (QED) is 0.313. The molecule has 1 heterocycles. The SMILES string of the molecule is CC(C)(CF)NC(=O)N[C@H](C(=O)N1C[C@H]2[C@@H]([C@H]1C(=O)NC(CC1CCC1)C(=O)C(N)=O)C2(C)C)C(C)(C)C. The Kier molecular flexibility index (Phi) is 8.20. The molecule has 1 saturated heterocycles. The van der Waals surface area contributed by atoms with E-state index >= 15 is 0 Å². The molecular formula is C27H44FN5O5. The standard InChI is InChI=1S/C27H44FN5O5/c1-25(2,3)20(31-24(38)32-26(4,5)13-28)23(37)33-12-15-17(27(15,6)7)18(33)22(36)30-16(19(34)21(29)35)11-14-9-8-10-14/h14-18,20H,8-13H2,1-7H3,(H2,29,35)(H,30,36)(H2,31,32,38)/t15-,16?,17-,18-,20+/m0/s1. The molecule has 0 aromatic rings. The number of rotatable bonds is 10. The number of amides is 5. The molecule has 5 amide bonds. The van der Waals surface area contributed by atoms with Crippen LogP contribution in [0.5, 0.6) is 0 Å². The van der Waals surface area contributed by atoms with Crippen LogP contribution in [0.4, 0.5) is 9.18 Å². The number of halogens is 1. The van der Waals surface area contributed by atoms with Crippen molar-refractivity contribution in [3.63, 3.8) is 0 Å². The van der Waals surface area contributed by atoms with E-state index in [1.807, 2.05) is 13.8 Å². The first-order valence-electron chi connectivity index (χ1n) is 13.5. The summed E-state index contributed by atoms with van der Waals surface area (Å²) in [6, 6.07) is -3.57. The number of ketones is 1. The zero-order chi connectivity index (χ0) is 28.8. The van der Waals surface area contributed by atoms with Gasteiger partial charge in [-0.3, -0.25) is 19.2 Å². The molecular weight excluding hydrogens is 493 g/mol. The molecule has 38 heavy (non-hydrogen) atoms. The molecule has 0 aromatic carbocycles. The normalized spacial score (nSPS) is 25.9. The van der Waals surface area contributed by atoms with Crippen molar-refractivity contribution in [2.75, 3.05) is 13.2 Å². The van der Waals surface area contributed by atoms with Gasteiger partial charge in [0.2, 0.25) is 17.6 Å². The number of nitrogens with zero attached hydrogens (tertiary/aromatic N) is 1. The lowest BCUT2D eigenvalue weighted by atomic mass is 9.80. The molecule has 0 spiro atoms. The number of alkyl halides is 1. The number of carbonyl (C=O) groups is 5. The van der Waals surface area contributed by atoms with Crippen LogP contribution in [0.25, 0.3) is 0 Å². The van der Waals surface area contributed by atoms with Crippen LogP contribution < -0.4 is 21.7 Å². The third kappa shape index (κ3) is 6.12. The fourth-order valence-corrected chi connectivity index (χ4v) is 5.86. The Balaban J connectivity index is 1.83. The van der Waals surface area contributed by atoms with Crippen LogP contribution in [0.15, 0.2) is 0 Å². The second-order valence-electron chi connectivity index (χ2n) is 13.6. The minimum atomic E-state index is -1.11. The van der Waals surface area contributed by atoms with Crippen LogP contribution in [0.1, 0.15) is 74.1 Å². The molecule has 214 valence electrons. The van der Waals surface area contributed by atoms with E-state index in [4.69, 9.17) is 5.73 Å². The second kappa shape index (κ2) is 10.4. The number of nitrogens with one attached hydrogen (secondary N) is 3. The van der Waals surface area contributed by atoms with E-state index in [2.05, 4.69) is 16.0 Å². The molecule has 3 aliphatic rings. The van der Waals surface area contributed by atoms with Gasteiger partial charge in [-0.15, -0.1) is 0 Å². The zero-order valence-corrected chi connectivity index (χ0v) is 23.7. The van der Waals surface area contributed by atoms with E-state index in [1.54, 1.807) is 20.8 Å². The molecule has 11 heteroatoms. The summed E-state index contributed by atoms with van der Waals surface area (Å²) in [7, 11) is 0. The molecule has 5 atom stereocenters. The predicted octanol–water partition coefficient (Wildman–Crippen LogP) is 1.66. The van der Waals surface area contributed by atoms with Gasteiger partial charge >= 0.3 is 6.03 Å². The van der Waals surface area contributed by atoms with Crippen LogP contribution in [0, 0.1) is 28.6 Å². The third-order valence-electron chi connectivity index (χ3n) is 8.60. The van der Waals surface area contributed by atoms with Gasteiger partial charge in [0, 0.05) is 6.54 Å². The Morgan fingerprint density at radius 3 is 2.13 bits per heavy atom. The first kappa shape index (κ1) is 29.8. The summed E-state index contributed by atoms with van der Waals surface area (Å²) in [5, 5.41) is 7.99. The highest BCUT2D eigenvalue weighted by Gasteiger charge is 2.70. The van der Waals surface area contributed by atoms with Gasteiger partial charge in [-0.2, -0.15) is 0 Å². The first-order chi connectivity index (χ1) is 17.4. The molecule has 2 saturated carbocycles. The molecule has 1 unspecified atom stereocenters. The van der Waals surface area contributed by atoms with Crippen molar-refractivity contribution in [1.29, 1.82) is 0 Å². The number of likely N-dealkylation sites (tertiary alicyclic amines) is 1. The highest BCUT2D eigenvalue weighted by Crippen LogP contribution is 2.65. The molecule has 0 aromatic heterocycles. The van der Waals surface area contributed by atoms with E-state index in [0.29, 0.717) is 13.0 Å². The van der Waals surface area contributed by atoms with Crippen molar-refractivity contribution in [3.05, 3.63) is 0 Å². The average molecular weight is 538 g/mol. The maximum Gasteiger partial charge on any atom is 0.315 e. The number of carbonyl (C=O) groups excluding carboxylic acids is 5. The summed E-state index contributed by atoms with van der Waals surface area (Å²) >= 11 is 0. The number of fused-ring (bicyclic) bond motifs is 1. The summed E-state index contributed by atoms with van der Waals surface area (Å²) in [6.07, 6.45) is 3.22. The van der Waals surface area contributed by atoms with Crippen molar-refractivity contribution < 1.29 is 28.4 Å². The average Bonchev–Trinajstić information content (AvgIpc) is 3.10. The lowest BCUT2D eigenvalue weighted by Crippen LogP contribution is -2.62. The summed E-state index contributed by atoms with van der Waals surface area (Å²) in [6.45, 7) is 12.1. The Labute approximate surface area is 224 Å². The van der Waals surface area contributed by atoms with Gasteiger partial charge in [-0.1, -0.05) is 53.9 Å². The number of hydrogen-bond acceptors (Lipinski definition) is 5. The van der Waals surface area contributed by atoms with Crippen LogP contribution >= 0.6 is 0 Å². The van der Waals surface area contributed by atoms with Gasteiger partial charge in [0.1, 0.15) is 18.8 Å². The van der Waals surface area contributed by atoms with E-state index in [9.17, 15) is 28.4 Å². The molecule has 5 N–H and O–H groups in total. The van der Waals surface area contributed by atoms with Crippen LogP contribution in [0.3, 0.4) is 0 Å². The van der Waals surface area contributed by atoms with E-state index < -0.39 is 65.3 Å². The number of hydrogen-bond donors (Lipinski definition) is 4. The highest BCUT2D eigenvalue weighted by molar-refractivity contribution is 6.37. The topological polar surface area (TPSA) is 151 Å². The molecule has 0 radical (unpaired) electrons. The fraction of sp³-hybridized carbons (Fsp3) is 0.815. The van der Waals surface area contributed by atoms with Crippen LogP contribution in [-0.4, -0.2) is 71.3 Å². The van der Waals surface area contributed by atoms with Crippen molar-refractivity contribution in [2.45, 2.75) is 97.8 Å². The highest BCUT2D eigenvalue weighted by atomic mass is 19.1. The molecule has 3 fully saturated rings. The molecule has 10 nitrogen and oxygen atoms in total. The number of primary amides is 1. The minimum absolute atomic E-state index is 0.0824. The number of Topliss-reactive ketones (excluding diaryl/α,β-unsaturated/α-hetero) is 1. The van der Waals surface area contributed by atoms with E-state index in [1.165, 1.54) is 18.7 Å². The molecule has 1 aliphatic heterocycles. The second-order valence-corrected chi connectivity index (χ2v) is 13.6. The largest absolute Gasteiger partial charge is 0.363 e. The Hall–Kier alpha value is -2.72. The maximum atomic E-state index is 13.9. The summed E-state index contributed by atoms with van der Waals surface area (Å²) in [4.78, 5) is 66.0. The van der Waals surface area contributed by atoms with Crippen LogP contribution in [0.2, 0.25) is 0 Å². The van der Waals surface area contributed by atoms with Crippen LogP contribution in [-0.2, 0) is 19.2 Å². The lowest BCUT2D eigenvalue weighted by Gasteiger charge is -2.38. The van der Waals surface area contributed by atoms with E-state index in [-0.39, 0.29) is 23.2 Å². The Morgan fingerprint density at radius 1 is 1.05 bits per heavy atom.